The first-order valence-electron chi connectivity index (χ1n) is 10.1. The summed E-state index contributed by atoms with van der Waals surface area (Å²) in [5.74, 6) is 0.648. The molecule has 0 unspecified atom stereocenters. The van der Waals surface area contributed by atoms with Gasteiger partial charge in [-0.2, -0.15) is 0 Å². The Balaban J connectivity index is 1.49. The van der Waals surface area contributed by atoms with Gasteiger partial charge in [-0.05, 0) is 56.4 Å². The van der Waals surface area contributed by atoms with Gasteiger partial charge in [-0.1, -0.05) is 0 Å². The second-order valence-electron chi connectivity index (χ2n) is 8.50. The molecule has 0 saturated heterocycles. The molecule has 0 aliphatic heterocycles. The average molecular weight is 399 g/mol. The third kappa shape index (κ3) is 2.46. The van der Waals surface area contributed by atoms with Crippen molar-refractivity contribution in [2.45, 2.75) is 31.7 Å². The first-order valence-corrected chi connectivity index (χ1v) is 10.1. The Morgan fingerprint density at radius 1 is 1.23 bits per heavy atom. The molecule has 30 heavy (non-hydrogen) atoms. The van der Waals surface area contributed by atoms with Gasteiger partial charge in [0.15, 0.2) is 11.5 Å². The number of fused-ring (bicyclic) bond motifs is 1. The third-order valence-corrected chi connectivity index (χ3v) is 6.37. The van der Waals surface area contributed by atoms with E-state index in [1.807, 2.05) is 54.2 Å². The van der Waals surface area contributed by atoms with Crippen LogP contribution in [-0.4, -0.2) is 35.8 Å². The minimum Gasteiger partial charge on any atom is -0.382 e. The van der Waals surface area contributed by atoms with Crippen LogP contribution < -0.4 is 11.1 Å². The number of nitrogens with zero attached hydrogens (tertiary/aromatic N) is 4. The number of aromatic nitrogens is 5. The van der Waals surface area contributed by atoms with Crippen molar-refractivity contribution in [1.82, 2.24) is 29.7 Å². The van der Waals surface area contributed by atoms with E-state index < -0.39 is 0 Å². The van der Waals surface area contributed by atoms with E-state index in [9.17, 15) is 4.79 Å². The Hall–Kier alpha value is -3.68. The minimum absolute atomic E-state index is 0.0546. The van der Waals surface area contributed by atoms with Gasteiger partial charge in [0, 0.05) is 35.4 Å². The van der Waals surface area contributed by atoms with Crippen molar-refractivity contribution >= 4 is 17.4 Å². The maximum absolute atomic E-state index is 13.0. The Morgan fingerprint density at radius 2 is 2.07 bits per heavy atom. The van der Waals surface area contributed by atoms with Crippen LogP contribution in [0.15, 0.2) is 42.9 Å². The summed E-state index contributed by atoms with van der Waals surface area (Å²) in [6.45, 7) is 1.99. The van der Waals surface area contributed by atoms with Gasteiger partial charge in [0.1, 0.15) is 17.0 Å². The number of amides is 1. The van der Waals surface area contributed by atoms with E-state index in [0.29, 0.717) is 11.4 Å². The zero-order valence-corrected chi connectivity index (χ0v) is 16.5. The van der Waals surface area contributed by atoms with Crippen molar-refractivity contribution < 1.29 is 4.79 Å². The lowest BCUT2D eigenvalue weighted by Gasteiger charge is -2.61. The van der Waals surface area contributed by atoms with E-state index in [0.717, 1.165) is 47.8 Å². The molecule has 4 N–H and O–H groups in total. The number of nitrogen functional groups attached to an aromatic ring is 1. The highest BCUT2D eigenvalue weighted by atomic mass is 16.2. The number of pyridine rings is 1. The Kier molecular flexibility index (Phi) is 3.39. The van der Waals surface area contributed by atoms with Gasteiger partial charge in [-0.25, -0.2) is 15.0 Å². The van der Waals surface area contributed by atoms with Crippen molar-refractivity contribution in [2.24, 2.45) is 5.92 Å². The van der Waals surface area contributed by atoms with E-state index in [2.05, 4.69) is 20.3 Å². The number of anilines is 1. The standard InChI is InChI=1S/C22H21N7O/c1-12-10-25-16-5-4-14(11-29(12)16)17-18(15-3-2-6-24-15)27-20(23)19(26-17)21(30)28-22-7-13(8-22)9-22/h2-6,10-11,13,24H,7-9H2,1H3,(H2,23,27)(H,28,30). The molecule has 0 aromatic carbocycles. The topological polar surface area (TPSA) is 114 Å². The smallest absolute Gasteiger partial charge is 0.274 e. The molecule has 2 bridgehead atoms. The van der Waals surface area contributed by atoms with Gasteiger partial charge in [-0.15, -0.1) is 0 Å². The summed E-state index contributed by atoms with van der Waals surface area (Å²) >= 11 is 0. The van der Waals surface area contributed by atoms with E-state index in [1.165, 1.54) is 0 Å². The largest absolute Gasteiger partial charge is 0.382 e. The molecule has 0 spiro atoms. The SMILES string of the molecule is Cc1cnc2ccc(-c3nc(C(=O)NC45CC(C4)C5)c(N)nc3-c3ccc[nH]3)cn12. The van der Waals surface area contributed by atoms with Gasteiger partial charge in [0.2, 0.25) is 0 Å². The highest BCUT2D eigenvalue weighted by Crippen LogP contribution is 2.57. The maximum Gasteiger partial charge on any atom is 0.274 e. The molecule has 0 atom stereocenters. The molecule has 3 saturated carbocycles. The van der Waals surface area contributed by atoms with E-state index in [4.69, 9.17) is 10.7 Å². The predicted molar refractivity (Wildman–Crippen MR) is 113 cm³/mol. The number of carbonyl (C=O) groups is 1. The monoisotopic (exact) mass is 399 g/mol. The van der Waals surface area contributed by atoms with Gasteiger partial charge in [-0.3, -0.25) is 4.79 Å². The molecule has 3 aliphatic carbocycles. The summed E-state index contributed by atoms with van der Waals surface area (Å²) in [6, 6.07) is 7.68. The van der Waals surface area contributed by atoms with Crippen molar-refractivity contribution in [1.29, 1.82) is 0 Å². The van der Waals surface area contributed by atoms with Crippen LogP contribution in [-0.2, 0) is 0 Å². The van der Waals surface area contributed by atoms with Crippen molar-refractivity contribution in [3.05, 3.63) is 54.2 Å². The number of rotatable bonds is 4. The molecule has 8 heteroatoms. The highest BCUT2D eigenvalue weighted by Gasteiger charge is 2.57. The molecule has 3 fully saturated rings. The van der Waals surface area contributed by atoms with Crippen LogP contribution in [0, 0.1) is 12.8 Å². The summed E-state index contributed by atoms with van der Waals surface area (Å²) in [5, 5.41) is 3.14. The van der Waals surface area contributed by atoms with Gasteiger partial charge >= 0.3 is 0 Å². The number of hydrogen-bond acceptors (Lipinski definition) is 5. The quantitative estimate of drug-likeness (QED) is 0.488. The van der Waals surface area contributed by atoms with Crippen LogP contribution in [0.3, 0.4) is 0 Å². The number of hydrogen-bond donors (Lipinski definition) is 3. The number of aromatic amines is 1. The number of aryl methyl sites for hydroxylation is 1. The molecule has 1 amide bonds. The summed E-state index contributed by atoms with van der Waals surface area (Å²) in [4.78, 5) is 29.9. The fourth-order valence-electron chi connectivity index (χ4n) is 4.66. The van der Waals surface area contributed by atoms with Gasteiger partial charge in [0.25, 0.3) is 5.91 Å². The zero-order chi connectivity index (χ0) is 20.5. The highest BCUT2D eigenvalue weighted by molar-refractivity contribution is 5.98. The second-order valence-corrected chi connectivity index (χ2v) is 8.50. The Labute approximate surface area is 172 Å². The first-order chi connectivity index (χ1) is 14.5. The van der Waals surface area contributed by atoms with Crippen LogP contribution in [0.2, 0.25) is 0 Å². The number of H-pyrrole nitrogens is 1. The molecular weight excluding hydrogens is 378 g/mol. The number of nitrogens with one attached hydrogen (secondary N) is 2. The number of nitrogens with two attached hydrogens (primary N) is 1. The molecule has 8 nitrogen and oxygen atoms in total. The van der Waals surface area contributed by atoms with Gasteiger partial charge < -0.3 is 20.4 Å². The van der Waals surface area contributed by atoms with Crippen LogP contribution in [0.25, 0.3) is 28.3 Å². The van der Waals surface area contributed by atoms with Crippen molar-refractivity contribution in [3.8, 4) is 22.6 Å². The predicted octanol–water partition coefficient (Wildman–Crippen LogP) is 2.96. The molecule has 4 aromatic rings. The molecular formula is C22H21N7O. The molecule has 4 aromatic heterocycles. The van der Waals surface area contributed by atoms with Crippen LogP contribution in [0.4, 0.5) is 5.82 Å². The lowest BCUT2D eigenvalue weighted by atomic mass is 9.50. The van der Waals surface area contributed by atoms with E-state index in [1.54, 1.807) is 0 Å². The lowest BCUT2D eigenvalue weighted by molar-refractivity contribution is -0.0439. The third-order valence-electron chi connectivity index (χ3n) is 6.37. The average Bonchev–Trinajstić information content (AvgIpc) is 3.33. The normalized spacial score (nSPS) is 21.8. The zero-order valence-electron chi connectivity index (χ0n) is 16.5. The van der Waals surface area contributed by atoms with E-state index >= 15 is 0 Å². The molecule has 4 heterocycles. The van der Waals surface area contributed by atoms with Crippen LogP contribution >= 0.6 is 0 Å². The minimum atomic E-state index is -0.252. The summed E-state index contributed by atoms with van der Waals surface area (Å²) in [6.07, 6.45) is 8.77. The lowest BCUT2D eigenvalue weighted by Crippen LogP contribution is -2.68. The first kappa shape index (κ1) is 17.2. The molecule has 3 aliphatic rings. The van der Waals surface area contributed by atoms with Crippen molar-refractivity contribution in [3.63, 3.8) is 0 Å². The number of imidazole rings is 1. The molecule has 0 radical (unpaired) electrons. The summed E-state index contributed by atoms with van der Waals surface area (Å²) in [7, 11) is 0. The summed E-state index contributed by atoms with van der Waals surface area (Å²) < 4.78 is 1.99. The van der Waals surface area contributed by atoms with Crippen LogP contribution in [0.5, 0.6) is 0 Å². The second kappa shape index (κ2) is 5.91. The summed E-state index contributed by atoms with van der Waals surface area (Å²) in [5.41, 5.74) is 11.0. The Morgan fingerprint density at radius 3 is 2.77 bits per heavy atom. The van der Waals surface area contributed by atoms with Crippen LogP contribution in [0.1, 0.15) is 35.4 Å². The van der Waals surface area contributed by atoms with Crippen molar-refractivity contribution in [2.75, 3.05) is 5.73 Å². The molecule has 150 valence electrons. The van der Waals surface area contributed by atoms with Gasteiger partial charge in [0.05, 0.1) is 5.69 Å². The maximum atomic E-state index is 13.0. The Bertz CT molecular complexity index is 1290. The fraction of sp³-hybridized carbons (Fsp3) is 0.273. The van der Waals surface area contributed by atoms with E-state index in [-0.39, 0.29) is 23.0 Å². The fourth-order valence-corrected chi connectivity index (χ4v) is 4.66. The number of carbonyl (C=O) groups excluding carboxylic acids is 1. The molecule has 7 rings (SSSR count).